The molecule has 0 saturated carbocycles. The average Bonchev–Trinajstić information content (AvgIpc) is 2.49. The van der Waals surface area contributed by atoms with Crippen molar-refractivity contribution >= 4 is 10.0 Å². The van der Waals surface area contributed by atoms with E-state index in [1.165, 1.54) is 0 Å². The first-order valence-electron chi connectivity index (χ1n) is 6.84. The molecule has 1 aliphatic rings. The van der Waals surface area contributed by atoms with Gasteiger partial charge < -0.3 is 5.11 Å². The summed E-state index contributed by atoms with van der Waals surface area (Å²) in [6.45, 7) is 1.26. The van der Waals surface area contributed by atoms with Crippen molar-refractivity contribution in [2.75, 3.05) is 19.7 Å². The zero-order valence-electron chi connectivity index (χ0n) is 11.4. The number of rotatable bonds is 3. The molecule has 0 radical (unpaired) electrons. The molecule has 0 atom stereocenters. The van der Waals surface area contributed by atoms with Crippen molar-refractivity contribution in [1.82, 2.24) is 4.31 Å². The molecule has 5 heteroatoms. The molecule has 2 rings (SSSR count). The molecular weight excluding hydrogens is 274 g/mol. The number of piperidine rings is 1. The van der Waals surface area contributed by atoms with Crippen molar-refractivity contribution < 1.29 is 13.5 Å². The fourth-order valence-electron chi connectivity index (χ4n) is 2.19. The molecule has 1 fully saturated rings. The number of aliphatic hydroxyl groups is 1. The van der Waals surface area contributed by atoms with E-state index >= 15 is 0 Å². The Hall–Kier alpha value is -1.35. The maximum absolute atomic E-state index is 12.4. The lowest BCUT2D eigenvalue weighted by Gasteiger charge is -2.25. The molecule has 1 aromatic rings. The zero-order valence-corrected chi connectivity index (χ0v) is 12.2. The molecular formula is C15H19NO3S. The van der Waals surface area contributed by atoms with E-state index in [1.54, 1.807) is 28.6 Å². The van der Waals surface area contributed by atoms with Gasteiger partial charge in [-0.2, -0.15) is 4.31 Å². The Balaban J connectivity index is 2.15. The van der Waals surface area contributed by atoms with E-state index in [-0.39, 0.29) is 6.61 Å². The second-order valence-electron chi connectivity index (χ2n) is 4.76. The van der Waals surface area contributed by atoms with Gasteiger partial charge in [0.25, 0.3) is 0 Å². The standard InChI is InChI=1S/C15H19NO3S/c17-13-5-2-6-14-7-9-15(10-8-14)20(18,19)16-11-3-1-4-12-16/h7-10,17H,1,3-5,11-13H2. The van der Waals surface area contributed by atoms with E-state index in [0.29, 0.717) is 24.4 Å². The van der Waals surface area contributed by atoms with Gasteiger partial charge in [0.2, 0.25) is 10.0 Å². The molecule has 1 aromatic carbocycles. The van der Waals surface area contributed by atoms with Crippen LogP contribution >= 0.6 is 0 Å². The minimum atomic E-state index is -3.36. The first-order valence-corrected chi connectivity index (χ1v) is 8.28. The van der Waals surface area contributed by atoms with E-state index in [1.807, 2.05) is 0 Å². The minimum absolute atomic E-state index is 0.0361. The van der Waals surface area contributed by atoms with Gasteiger partial charge in [0.15, 0.2) is 0 Å². The highest BCUT2D eigenvalue weighted by atomic mass is 32.2. The molecule has 0 bridgehead atoms. The van der Waals surface area contributed by atoms with Crippen LogP contribution in [0.5, 0.6) is 0 Å². The summed E-state index contributed by atoms with van der Waals surface area (Å²) in [5.74, 6) is 5.70. The summed E-state index contributed by atoms with van der Waals surface area (Å²) < 4.78 is 26.4. The first-order chi connectivity index (χ1) is 9.64. The molecule has 0 unspecified atom stereocenters. The summed E-state index contributed by atoms with van der Waals surface area (Å²) >= 11 is 0. The molecule has 108 valence electrons. The predicted octanol–water partition coefficient (Wildman–Crippen LogP) is 1.60. The zero-order chi connectivity index (χ0) is 14.4. The van der Waals surface area contributed by atoms with Crippen LogP contribution in [0.25, 0.3) is 0 Å². The predicted molar refractivity (Wildman–Crippen MR) is 77.6 cm³/mol. The molecule has 0 aliphatic carbocycles. The molecule has 1 aliphatic heterocycles. The van der Waals surface area contributed by atoms with Crippen molar-refractivity contribution in [3.8, 4) is 11.8 Å². The first kappa shape index (κ1) is 15.0. The summed E-state index contributed by atoms with van der Waals surface area (Å²) in [6, 6.07) is 6.63. The number of benzene rings is 1. The van der Waals surface area contributed by atoms with E-state index < -0.39 is 10.0 Å². The van der Waals surface area contributed by atoms with E-state index in [4.69, 9.17) is 5.11 Å². The lowest BCUT2D eigenvalue weighted by molar-refractivity contribution is 0.305. The second-order valence-corrected chi connectivity index (χ2v) is 6.70. The molecule has 0 aromatic heterocycles. The van der Waals surface area contributed by atoms with E-state index in [0.717, 1.165) is 24.8 Å². The van der Waals surface area contributed by atoms with Crippen LogP contribution in [0, 0.1) is 11.8 Å². The third kappa shape index (κ3) is 3.60. The summed E-state index contributed by atoms with van der Waals surface area (Å²) in [6.07, 6.45) is 3.40. The Labute approximate surface area is 120 Å². The van der Waals surface area contributed by atoms with Gasteiger partial charge in [0, 0.05) is 25.1 Å². The van der Waals surface area contributed by atoms with Gasteiger partial charge in [-0.25, -0.2) is 8.42 Å². The quantitative estimate of drug-likeness (QED) is 0.861. The van der Waals surface area contributed by atoms with E-state index in [9.17, 15) is 8.42 Å². The fraction of sp³-hybridized carbons (Fsp3) is 0.467. The van der Waals surface area contributed by atoms with Crippen LogP contribution in [0.1, 0.15) is 31.2 Å². The molecule has 1 N–H and O–H groups in total. The second kappa shape index (κ2) is 6.89. The number of nitrogens with zero attached hydrogens (tertiary/aromatic N) is 1. The monoisotopic (exact) mass is 293 g/mol. The van der Waals surface area contributed by atoms with Gasteiger partial charge in [-0.05, 0) is 37.1 Å². The van der Waals surface area contributed by atoms with Crippen molar-refractivity contribution in [2.45, 2.75) is 30.6 Å². The highest BCUT2D eigenvalue weighted by Crippen LogP contribution is 2.20. The van der Waals surface area contributed by atoms with Crippen molar-refractivity contribution in [3.63, 3.8) is 0 Å². The van der Waals surface area contributed by atoms with Crippen LogP contribution in [0.4, 0.5) is 0 Å². The highest BCUT2D eigenvalue weighted by Gasteiger charge is 2.25. The number of hydrogen-bond donors (Lipinski definition) is 1. The number of hydrogen-bond acceptors (Lipinski definition) is 3. The third-order valence-corrected chi connectivity index (χ3v) is 5.19. The summed E-state index contributed by atoms with van der Waals surface area (Å²) in [7, 11) is -3.36. The smallest absolute Gasteiger partial charge is 0.243 e. The SMILES string of the molecule is O=S(=O)(c1ccc(C#CCCO)cc1)N1CCCCC1. The average molecular weight is 293 g/mol. The Bertz CT molecular complexity index is 590. The molecule has 0 spiro atoms. The van der Waals surface area contributed by atoms with Crippen LogP contribution in [0.2, 0.25) is 0 Å². The largest absolute Gasteiger partial charge is 0.395 e. The summed E-state index contributed by atoms with van der Waals surface area (Å²) in [4.78, 5) is 0.326. The highest BCUT2D eigenvalue weighted by molar-refractivity contribution is 7.89. The van der Waals surface area contributed by atoms with Gasteiger partial charge in [0.05, 0.1) is 11.5 Å². The van der Waals surface area contributed by atoms with Crippen molar-refractivity contribution in [3.05, 3.63) is 29.8 Å². The summed E-state index contributed by atoms with van der Waals surface area (Å²) in [5, 5.41) is 8.65. The van der Waals surface area contributed by atoms with Crippen LogP contribution in [-0.2, 0) is 10.0 Å². The topological polar surface area (TPSA) is 57.6 Å². The van der Waals surface area contributed by atoms with Crippen molar-refractivity contribution in [2.24, 2.45) is 0 Å². The Morgan fingerprint density at radius 1 is 1.10 bits per heavy atom. The van der Waals surface area contributed by atoms with Crippen molar-refractivity contribution in [1.29, 1.82) is 0 Å². The molecule has 0 amide bonds. The Morgan fingerprint density at radius 2 is 1.75 bits per heavy atom. The van der Waals surface area contributed by atoms with Crippen LogP contribution < -0.4 is 0 Å². The van der Waals surface area contributed by atoms with Gasteiger partial charge in [0.1, 0.15) is 0 Å². The Morgan fingerprint density at radius 3 is 2.35 bits per heavy atom. The fourth-order valence-corrected chi connectivity index (χ4v) is 3.70. The maximum Gasteiger partial charge on any atom is 0.243 e. The lowest BCUT2D eigenvalue weighted by Crippen LogP contribution is -2.35. The van der Waals surface area contributed by atoms with Gasteiger partial charge in [-0.3, -0.25) is 0 Å². The number of aliphatic hydroxyl groups excluding tert-OH is 1. The minimum Gasteiger partial charge on any atom is -0.395 e. The summed E-state index contributed by atoms with van der Waals surface area (Å²) in [5.41, 5.74) is 0.760. The third-order valence-electron chi connectivity index (χ3n) is 3.28. The lowest BCUT2D eigenvalue weighted by atomic mass is 10.2. The molecule has 1 saturated heterocycles. The van der Waals surface area contributed by atoms with Crippen LogP contribution in [-0.4, -0.2) is 37.5 Å². The molecule has 4 nitrogen and oxygen atoms in total. The van der Waals surface area contributed by atoms with Gasteiger partial charge in [-0.15, -0.1) is 0 Å². The molecule has 1 heterocycles. The van der Waals surface area contributed by atoms with Crippen LogP contribution in [0.3, 0.4) is 0 Å². The van der Waals surface area contributed by atoms with Gasteiger partial charge >= 0.3 is 0 Å². The van der Waals surface area contributed by atoms with Gasteiger partial charge in [-0.1, -0.05) is 18.3 Å². The Kier molecular flexibility index (Phi) is 5.18. The van der Waals surface area contributed by atoms with Crippen LogP contribution in [0.15, 0.2) is 29.2 Å². The van der Waals surface area contributed by atoms with E-state index in [2.05, 4.69) is 11.8 Å². The molecule has 20 heavy (non-hydrogen) atoms. The number of sulfonamides is 1. The normalized spacial score (nSPS) is 16.4. The maximum atomic E-state index is 12.4.